The Morgan fingerprint density at radius 1 is 1.58 bits per heavy atom. The predicted molar refractivity (Wildman–Crippen MR) is 47.7 cm³/mol. The van der Waals surface area contributed by atoms with Crippen LogP contribution in [0.4, 0.5) is 0 Å². The molecule has 0 spiro atoms. The van der Waals surface area contributed by atoms with Crippen molar-refractivity contribution in [1.29, 1.82) is 0 Å². The molecule has 2 heteroatoms. The average molecular weight is 165 g/mol. The van der Waals surface area contributed by atoms with Gasteiger partial charge < -0.3 is 10.2 Å². The van der Waals surface area contributed by atoms with Gasteiger partial charge in [-0.3, -0.25) is 0 Å². The minimum atomic E-state index is 0.417. The van der Waals surface area contributed by atoms with Crippen LogP contribution in [0.5, 0.6) is 0 Å². The standard InChI is InChI=1S/C10H15NO/c11-10(9-2-3-9)4-1-8-5-6-12-7-8/h5-7,9-10H,1-4,11H2. The summed E-state index contributed by atoms with van der Waals surface area (Å²) in [6, 6.07) is 2.43. The number of aryl methyl sites for hydroxylation is 1. The minimum Gasteiger partial charge on any atom is -0.472 e. The molecule has 0 aromatic carbocycles. The highest BCUT2D eigenvalue weighted by atomic mass is 16.3. The molecular weight excluding hydrogens is 150 g/mol. The number of nitrogens with two attached hydrogens (primary N) is 1. The third-order valence-corrected chi connectivity index (χ3v) is 2.57. The summed E-state index contributed by atoms with van der Waals surface area (Å²) < 4.78 is 4.98. The van der Waals surface area contributed by atoms with Gasteiger partial charge >= 0.3 is 0 Å². The Balaban J connectivity index is 1.74. The molecule has 1 saturated carbocycles. The van der Waals surface area contributed by atoms with E-state index in [4.69, 9.17) is 10.2 Å². The lowest BCUT2D eigenvalue weighted by Crippen LogP contribution is -2.22. The molecular formula is C10H15NO. The summed E-state index contributed by atoms with van der Waals surface area (Å²) in [5.74, 6) is 0.817. The van der Waals surface area contributed by atoms with Gasteiger partial charge in [0.25, 0.3) is 0 Å². The van der Waals surface area contributed by atoms with Crippen LogP contribution in [0.3, 0.4) is 0 Å². The third kappa shape index (κ3) is 1.89. The van der Waals surface area contributed by atoms with Gasteiger partial charge in [-0.25, -0.2) is 0 Å². The van der Waals surface area contributed by atoms with E-state index in [0.29, 0.717) is 6.04 Å². The monoisotopic (exact) mass is 165 g/mol. The van der Waals surface area contributed by atoms with Crippen LogP contribution in [0.25, 0.3) is 0 Å². The molecule has 0 aliphatic heterocycles. The first-order valence-corrected chi connectivity index (χ1v) is 4.63. The minimum absolute atomic E-state index is 0.417. The first-order chi connectivity index (χ1) is 5.86. The SMILES string of the molecule is NC(CCc1ccoc1)C1CC1. The molecule has 2 N–H and O–H groups in total. The Morgan fingerprint density at radius 3 is 3.00 bits per heavy atom. The molecule has 2 rings (SSSR count). The molecule has 1 unspecified atom stereocenters. The zero-order valence-corrected chi connectivity index (χ0v) is 7.20. The summed E-state index contributed by atoms with van der Waals surface area (Å²) in [7, 11) is 0. The molecule has 0 bridgehead atoms. The Kier molecular flexibility index (Phi) is 2.17. The number of hydrogen-bond donors (Lipinski definition) is 1. The van der Waals surface area contributed by atoms with E-state index >= 15 is 0 Å². The van der Waals surface area contributed by atoms with Gasteiger partial charge in [-0.2, -0.15) is 0 Å². The fraction of sp³-hybridized carbons (Fsp3) is 0.600. The van der Waals surface area contributed by atoms with Crippen LogP contribution in [-0.4, -0.2) is 6.04 Å². The Labute approximate surface area is 72.7 Å². The molecule has 1 aliphatic rings. The first kappa shape index (κ1) is 7.87. The van der Waals surface area contributed by atoms with Crippen molar-refractivity contribution in [3.8, 4) is 0 Å². The normalized spacial score (nSPS) is 19.4. The molecule has 1 aromatic heterocycles. The van der Waals surface area contributed by atoms with E-state index in [1.54, 1.807) is 12.5 Å². The molecule has 1 heterocycles. The zero-order chi connectivity index (χ0) is 8.39. The molecule has 66 valence electrons. The van der Waals surface area contributed by atoms with E-state index in [1.807, 2.05) is 6.07 Å². The Hall–Kier alpha value is -0.760. The van der Waals surface area contributed by atoms with Crippen molar-refractivity contribution in [3.05, 3.63) is 24.2 Å². The summed E-state index contributed by atoms with van der Waals surface area (Å²) >= 11 is 0. The van der Waals surface area contributed by atoms with Gasteiger partial charge in [0.05, 0.1) is 12.5 Å². The van der Waals surface area contributed by atoms with Crippen molar-refractivity contribution in [2.24, 2.45) is 11.7 Å². The molecule has 1 aromatic rings. The van der Waals surface area contributed by atoms with Crippen molar-refractivity contribution >= 4 is 0 Å². The second kappa shape index (κ2) is 3.31. The zero-order valence-electron chi connectivity index (χ0n) is 7.20. The maximum Gasteiger partial charge on any atom is 0.0934 e. The summed E-state index contributed by atoms with van der Waals surface area (Å²) in [5.41, 5.74) is 7.23. The molecule has 12 heavy (non-hydrogen) atoms. The summed E-state index contributed by atoms with van der Waals surface area (Å²) in [4.78, 5) is 0. The molecule has 1 aliphatic carbocycles. The van der Waals surface area contributed by atoms with E-state index < -0.39 is 0 Å². The lowest BCUT2D eigenvalue weighted by molar-refractivity contribution is 0.539. The third-order valence-electron chi connectivity index (χ3n) is 2.57. The van der Waals surface area contributed by atoms with Crippen molar-refractivity contribution < 1.29 is 4.42 Å². The maximum absolute atomic E-state index is 5.96. The number of furan rings is 1. The lowest BCUT2D eigenvalue weighted by atomic mass is 10.1. The van der Waals surface area contributed by atoms with E-state index in [0.717, 1.165) is 18.8 Å². The molecule has 1 fully saturated rings. The average Bonchev–Trinajstić information content (AvgIpc) is 2.80. The van der Waals surface area contributed by atoms with Gasteiger partial charge in [0.1, 0.15) is 0 Å². The summed E-state index contributed by atoms with van der Waals surface area (Å²) in [6.07, 6.45) is 8.37. The van der Waals surface area contributed by atoms with E-state index in [-0.39, 0.29) is 0 Å². The van der Waals surface area contributed by atoms with E-state index in [9.17, 15) is 0 Å². The van der Waals surface area contributed by atoms with Gasteiger partial charge in [-0.15, -0.1) is 0 Å². The van der Waals surface area contributed by atoms with Crippen LogP contribution in [0, 0.1) is 5.92 Å². The van der Waals surface area contributed by atoms with Crippen LogP contribution in [-0.2, 0) is 6.42 Å². The van der Waals surface area contributed by atoms with Crippen LogP contribution >= 0.6 is 0 Å². The first-order valence-electron chi connectivity index (χ1n) is 4.63. The summed E-state index contributed by atoms with van der Waals surface area (Å²) in [5, 5.41) is 0. The quantitative estimate of drug-likeness (QED) is 0.740. The largest absolute Gasteiger partial charge is 0.472 e. The van der Waals surface area contributed by atoms with Crippen LogP contribution in [0.15, 0.2) is 23.0 Å². The van der Waals surface area contributed by atoms with Crippen molar-refractivity contribution in [3.63, 3.8) is 0 Å². The smallest absolute Gasteiger partial charge is 0.0934 e. The Morgan fingerprint density at radius 2 is 2.42 bits per heavy atom. The molecule has 0 amide bonds. The summed E-state index contributed by atoms with van der Waals surface area (Å²) in [6.45, 7) is 0. The fourth-order valence-corrected chi connectivity index (χ4v) is 1.53. The molecule has 0 radical (unpaired) electrons. The fourth-order valence-electron chi connectivity index (χ4n) is 1.53. The molecule has 1 atom stereocenters. The highest BCUT2D eigenvalue weighted by Gasteiger charge is 2.27. The van der Waals surface area contributed by atoms with Gasteiger partial charge in [0.15, 0.2) is 0 Å². The van der Waals surface area contributed by atoms with Gasteiger partial charge in [-0.1, -0.05) is 0 Å². The topological polar surface area (TPSA) is 39.2 Å². The van der Waals surface area contributed by atoms with Crippen LogP contribution in [0.1, 0.15) is 24.8 Å². The van der Waals surface area contributed by atoms with Crippen LogP contribution < -0.4 is 5.73 Å². The Bertz CT molecular complexity index is 226. The van der Waals surface area contributed by atoms with Gasteiger partial charge in [0.2, 0.25) is 0 Å². The number of hydrogen-bond acceptors (Lipinski definition) is 2. The second-order valence-electron chi connectivity index (χ2n) is 3.67. The number of rotatable bonds is 4. The van der Waals surface area contributed by atoms with Crippen LogP contribution in [0.2, 0.25) is 0 Å². The van der Waals surface area contributed by atoms with Crippen molar-refractivity contribution in [1.82, 2.24) is 0 Å². The highest BCUT2D eigenvalue weighted by molar-refractivity contribution is 5.05. The maximum atomic E-state index is 5.96. The van der Waals surface area contributed by atoms with E-state index in [2.05, 4.69) is 0 Å². The van der Waals surface area contributed by atoms with Gasteiger partial charge in [-0.05, 0) is 43.2 Å². The predicted octanol–water partition coefficient (Wildman–Crippen LogP) is 1.95. The van der Waals surface area contributed by atoms with Crippen molar-refractivity contribution in [2.75, 3.05) is 0 Å². The van der Waals surface area contributed by atoms with Gasteiger partial charge in [0, 0.05) is 6.04 Å². The highest BCUT2D eigenvalue weighted by Crippen LogP contribution is 2.33. The molecule has 2 nitrogen and oxygen atoms in total. The lowest BCUT2D eigenvalue weighted by Gasteiger charge is -2.07. The van der Waals surface area contributed by atoms with E-state index in [1.165, 1.54) is 18.4 Å². The molecule has 0 saturated heterocycles. The van der Waals surface area contributed by atoms with Crippen molar-refractivity contribution in [2.45, 2.75) is 31.7 Å². The second-order valence-corrected chi connectivity index (χ2v) is 3.67.